The van der Waals surface area contributed by atoms with Gasteiger partial charge in [-0.2, -0.15) is 0 Å². The monoisotopic (exact) mass is 321 g/mol. The molecule has 1 aromatic carbocycles. The highest BCUT2D eigenvalue weighted by molar-refractivity contribution is 7.10. The van der Waals surface area contributed by atoms with Crippen molar-refractivity contribution in [2.24, 2.45) is 0 Å². The molecule has 0 saturated carbocycles. The smallest absolute Gasteiger partial charge is 0.258 e. The Labute approximate surface area is 133 Å². The molecule has 0 fully saturated rings. The van der Waals surface area contributed by atoms with E-state index in [4.69, 9.17) is 9.47 Å². The molecular formula is C16H19NO4S. The summed E-state index contributed by atoms with van der Waals surface area (Å²) in [6, 6.07) is 10.8. The number of amides is 1. The molecule has 2 rings (SSSR count). The number of carbonyl (C=O) groups is 1. The molecule has 1 atom stereocenters. The van der Waals surface area contributed by atoms with E-state index >= 15 is 0 Å². The zero-order valence-corrected chi connectivity index (χ0v) is 13.4. The summed E-state index contributed by atoms with van der Waals surface area (Å²) in [5, 5.41) is 14.9. The van der Waals surface area contributed by atoms with Crippen molar-refractivity contribution < 1.29 is 19.4 Å². The van der Waals surface area contributed by atoms with Crippen LogP contribution in [-0.2, 0) is 10.4 Å². The van der Waals surface area contributed by atoms with Gasteiger partial charge in [0.25, 0.3) is 5.91 Å². The van der Waals surface area contributed by atoms with Crippen molar-refractivity contribution in [1.29, 1.82) is 0 Å². The fourth-order valence-corrected chi connectivity index (χ4v) is 2.66. The molecule has 0 aliphatic carbocycles. The topological polar surface area (TPSA) is 67.8 Å². The molecule has 2 N–H and O–H groups in total. The molecule has 6 heteroatoms. The zero-order chi connectivity index (χ0) is 16.0. The summed E-state index contributed by atoms with van der Waals surface area (Å²) in [6.45, 7) is 1.66. The molecule has 0 radical (unpaired) electrons. The number of nitrogens with one attached hydrogen (secondary N) is 1. The minimum atomic E-state index is -1.09. The van der Waals surface area contributed by atoms with Gasteiger partial charge in [0.2, 0.25) is 0 Å². The molecule has 1 heterocycles. The van der Waals surface area contributed by atoms with Crippen LogP contribution in [0.15, 0.2) is 41.8 Å². The number of hydrogen-bond acceptors (Lipinski definition) is 5. The lowest BCUT2D eigenvalue weighted by molar-refractivity contribution is -0.124. The van der Waals surface area contributed by atoms with Gasteiger partial charge in [0.15, 0.2) is 18.1 Å². The molecule has 0 spiro atoms. The number of hydrogen-bond donors (Lipinski definition) is 2. The van der Waals surface area contributed by atoms with Crippen molar-refractivity contribution in [3.63, 3.8) is 0 Å². The number of benzene rings is 1. The van der Waals surface area contributed by atoms with Gasteiger partial charge in [0.05, 0.1) is 13.7 Å². The van der Waals surface area contributed by atoms with Crippen molar-refractivity contribution in [3.8, 4) is 11.5 Å². The summed E-state index contributed by atoms with van der Waals surface area (Å²) in [7, 11) is 1.54. The minimum Gasteiger partial charge on any atom is -0.493 e. The van der Waals surface area contributed by atoms with Crippen LogP contribution in [0.1, 0.15) is 11.8 Å². The maximum Gasteiger partial charge on any atom is 0.258 e. The van der Waals surface area contributed by atoms with Crippen molar-refractivity contribution >= 4 is 17.2 Å². The third-order valence-electron chi connectivity index (χ3n) is 3.11. The van der Waals surface area contributed by atoms with E-state index in [1.165, 1.54) is 11.3 Å². The second-order valence-corrected chi connectivity index (χ2v) is 5.92. The molecule has 1 amide bonds. The van der Waals surface area contributed by atoms with Gasteiger partial charge in [0, 0.05) is 4.88 Å². The largest absolute Gasteiger partial charge is 0.493 e. The Kier molecular flexibility index (Phi) is 5.41. The van der Waals surface area contributed by atoms with E-state index in [2.05, 4.69) is 5.32 Å². The fraction of sp³-hybridized carbons (Fsp3) is 0.312. The first-order chi connectivity index (χ1) is 10.5. The van der Waals surface area contributed by atoms with Gasteiger partial charge in [0.1, 0.15) is 5.60 Å². The minimum absolute atomic E-state index is 0.127. The van der Waals surface area contributed by atoms with Crippen LogP contribution >= 0.6 is 11.3 Å². The van der Waals surface area contributed by atoms with E-state index in [9.17, 15) is 9.90 Å². The van der Waals surface area contributed by atoms with Gasteiger partial charge >= 0.3 is 0 Å². The number of ether oxygens (including phenoxy) is 2. The summed E-state index contributed by atoms with van der Waals surface area (Å²) in [6.07, 6.45) is 0. The van der Waals surface area contributed by atoms with Gasteiger partial charge in [-0.25, -0.2) is 0 Å². The third-order valence-corrected chi connectivity index (χ3v) is 4.23. The molecule has 0 bridgehead atoms. The quantitative estimate of drug-likeness (QED) is 0.820. The molecule has 22 heavy (non-hydrogen) atoms. The average molecular weight is 321 g/mol. The Morgan fingerprint density at radius 1 is 1.27 bits per heavy atom. The van der Waals surface area contributed by atoms with Gasteiger partial charge < -0.3 is 19.9 Å². The average Bonchev–Trinajstić information content (AvgIpc) is 3.06. The maximum atomic E-state index is 11.8. The summed E-state index contributed by atoms with van der Waals surface area (Å²) in [4.78, 5) is 12.7. The lowest BCUT2D eigenvalue weighted by atomic mass is 10.1. The number of aliphatic hydroxyl groups is 1. The van der Waals surface area contributed by atoms with Crippen LogP contribution in [0.4, 0.5) is 0 Å². The zero-order valence-electron chi connectivity index (χ0n) is 12.5. The van der Waals surface area contributed by atoms with E-state index in [0.717, 1.165) is 4.88 Å². The molecular weight excluding hydrogens is 302 g/mol. The lowest BCUT2D eigenvalue weighted by Gasteiger charge is -2.22. The van der Waals surface area contributed by atoms with Gasteiger partial charge in [-0.1, -0.05) is 18.2 Å². The third kappa shape index (κ3) is 4.22. The molecule has 5 nitrogen and oxygen atoms in total. The number of methoxy groups -OCH3 is 1. The van der Waals surface area contributed by atoms with Crippen LogP contribution in [0, 0.1) is 0 Å². The Balaban J connectivity index is 1.83. The highest BCUT2D eigenvalue weighted by Gasteiger charge is 2.24. The molecule has 0 aliphatic heterocycles. The first-order valence-electron chi connectivity index (χ1n) is 6.82. The lowest BCUT2D eigenvalue weighted by Crippen LogP contribution is -2.40. The summed E-state index contributed by atoms with van der Waals surface area (Å²) in [5.74, 6) is 0.772. The summed E-state index contributed by atoms with van der Waals surface area (Å²) < 4.78 is 10.6. The van der Waals surface area contributed by atoms with Crippen molar-refractivity contribution in [2.45, 2.75) is 12.5 Å². The van der Waals surface area contributed by atoms with Crippen molar-refractivity contribution in [3.05, 3.63) is 46.7 Å². The number of rotatable bonds is 7. The van der Waals surface area contributed by atoms with E-state index in [-0.39, 0.29) is 19.1 Å². The molecule has 1 unspecified atom stereocenters. The van der Waals surface area contributed by atoms with E-state index in [1.807, 2.05) is 23.6 Å². The van der Waals surface area contributed by atoms with E-state index in [0.29, 0.717) is 11.5 Å². The number of carbonyl (C=O) groups excluding carboxylic acids is 1. The normalized spacial score (nSPS) is 13.2. The van der Waals surface area contributed by atoms with Crippen LogP contribution in [-0.4, -0.2) is 31.3 Å². The predicted octanol–water partition coefficient (Wildman–Crippen LogP) is 2.16. The predicted molar refractivity (Wildman–Crippen MR) is 85.4 cm³/mol. The summed E-state index contributed by atoms with van der Waals surface area (Å²) >= 11 is 1.45. The SMILES string of the molecule is COc1ccccc1OCC(=O)NCC(C)(O)c1cccs1. The van der Waals surface area contributed by atoms with Crippen LogP contribution in [0.25, 0.3) is 0 Å². The second-order valence-electron chi connectivity index (χ2n) is 4.97. The van der Waals surface area contributed by atoms with Gasteiger partial charge in [-0.15, -0.1) is 11.3 Å². The maximum absolute atomic E-state index is 11.8. The Morgan fingerprint density at radius 2 is 2.00 bits per heavy atom. The standard InChI is InChI=1S/C16H19NO4S/c1-16(19,14-8-5-9-22-14)11-17-15(18)10-21-13-7-4-3-6-12(13)20-2/h3-9,19H,10-11H2,1-2H3,(H,17,18). The molecule has 2 aromatic rings. The molecule has 0 aliphatic rings. The Bertz CT molecular complexity index is 610. The highest BCUT2D eigenvalue weighted by atomic mass is 32.1. The number of para-hydroxylation sites is 2. The Morgan fingerprint density at radius 3 is 2.64 bits per heavy atom. The van der Waals surface area contributed by atoms with E-state index < -0.39 is 5.60 Å². The van der Waals surface area contributed by atoms with Crippen LogP contribution < -0.4 is 14.8 Å². The molecule has 118 valence electrons. The highest BCUT2D eigenvalue weighted by Crippen LogP contribution is 2.26. The van der Waals surface area contributed by atoms with Crippen molar-refractivity contribution in [2.75, 3.05) is 20.3 Å². The fourth-order valence-electron chi connectivity index (χ4n) is 1.88. The first-order valence-corrected chi connectivity index (χ1v) is 7.70. The van der Waals surface area contributed by atoms with E-state index in [1.54, 1.807) is 32.2 Å². The Hall–Kier alpha value is -2.05. The second kappa shape index (κ2) is 7.29. The van der Waals surface area contributed by atoms with Crippen LogP contribution in [0.2, 0.25) is 0 Å². The van der Waals surface area contributed by atoms with Crippen molar-refractivity contribution in [1.82, 2.24) is 5.32 Å². The van der Waals surface area contributed by atoms with Gasteiger partial charge in [-0.3, -0.25) is 4.79 Å². The van der Waals surface area contributed by atoms with Crippen LogP contribution in [0.5, 0.6) is 11.5 Å². The molecule has 0 saturated heterocycles. The van der Waals surface area contributed by atoms with Gasteiger partial charge in [-0.05, 0) is 30.5 Å². The first kappa shape index (κ1) is 16.3. The molecule has 1 aromatic heterocycles. The number of thiophene rings is 1. The summed E-state index contributed by atoms with van der Waals surface area (Å²) in [5.41, 5.74) is -1.09. The van der Waals surface area contributed by atoms with Crippen LogP contribution in [0.3, 0.4) is 0 Å².